The lowest BCUT2D eigenvalue weighted by molar-refractivity contribution is -0.148. The molecule has 2 bridgehead atoms. The van der Waals surface area contributed by atoms with E-state index >= 15 is 0 Å². The predicted octanol–water partition coefficient (Wildman–Crippen LogP) is 5.12. The summed E-state index contributed by atoms with van der Waals surface area (Å²) in [6.45, 7) is 0. The van der Waals surface area contributed by atoms with E-state index in [0.29, 0.717) is 0 Å². The molecule has 1 heterocycles. The molecular formula is C20H19ClF3N3O2. The molecule has 154 valence electrons. The third-order valence-electron chi connectivity index (χ3n) is 6.03. The fourth-order valence-corrected chi connectivity index (χ4v) is 4.95. The van der Waals surface area contributed by atoms with Crippen LogP contribution in [0.25, 0.3) is 11.3 Å². The number of nitrogens with one attached hydrogen (secondary N) is 1. The van der Waals surface area contributed by atoms with E-state index in [0.717, 1.165) is 31.7 Å². The molecular weight excluding hydrogens is 407 g/mol. The summed E-state index contributed by atoms with van der Waals surface area (Å²) in [6.07, 6.45) is -0.926. The van der Waals surface area contributed by atoms with E-state index in [1.807, 2.05) is 0 Å². The van der Waals surface area contributed by atoms with Crippen LogP contribution in [-0.4, -0.2) is 27.1 Å². The van der Waals surface area contributed by atoms with Crippen molar-refractivity contribution in [1.82, 2.24) is 9.97 Å². The topological polar surface area (TPSA) is 75.1 Å². The number of aliphatic carboxylic acids is 1. The van der Waals surface area contributed by atoms with Crippen molar-refractivity contribution >= 4 is 23.4 Å². The lowest BCUT2D eigenvalue weighted by atomic mass is 9.61. The highest BCUT2D eigenvalue weighted by molar-refractivity contribution is 6.28. The molecule has 2 aromatic rings. The summed E-state index contributed by atoms with van der Waals surface area (Å²) < 4.78 is 40.2. The summed E-state index contributed by atoms with van der Waals surface area (Å²) >= 11 is 6.00. The second kappa shape index (κ2) is 7.48. The van der Waals surface area contributed by atoms with Gasteiger partial charge in [0.25, 0.3) is 0 Å². The van der Waals surface area contributed by atoms with Crippen molar-refractivity contribution in [2.75, 3.05) is 5.32 Å². The Bertz CT molecular complexity index is 929. The number of hydrogen-bond acceptors (Lipinski definition) is 4. The average Bonchev–Trinajstić information content (AvgIpc) is 2.67. The van der Waals surface area contributed by atoms with Crippen LogP contribution in [0.1, 0.15) is 31.2 Å². The van der Waals surface area contributed by atoms with Gasteiger partial charge in [-0.15, -0.1) is 0 Å². The molecule has 0 amide bonds. The van der Waals surface area contributed by atoms with Crippen LogP contribution in [0.5, 0.6) is 0 Å². The van der Waals surface area contributed by atoms with Crippen molar-refractivity contribution in [3.05, 3.63) is 41.2 Å². The highest BCUT2D eigenvalue weighted by Crippen LogP contribution is 2.46. The maximum atomic E-state index is 13.4. The minimum Gasteiger partial charge on any atom is -0.481 e. The monoisotopic (exact) mass is 425 g/mol. The number of alkyl halides is 3. The molecule has 2 atom stereocenters. The molecule has 5 rings (SSSR count). The quantitative estimate of drug-likeness (QED) is 0.665. The molecule has 3 fully saturated rings. The van der Waals surface area contributed by atoms with Gasteiger partial charge in [-0.2, -0.15) is 13.2 Å². The lowest BCUT2D eigenvalue weighted by Crippen LogP contribution is -2.51. The van der Waals surface area contributed by atoms with Gasteiger partial charge in [-0.25, -0.2) is 9.97 Å². The average molecular weight is 426 g/mol. The van der Waals surface area contributed by atoms with Crippen molar-refractivity contribution in [3.8, 4) is 11.3 Å². The zero-order valence-electron chi connectivity index (χ0n) is 15.3. The first-order valence-electron chi connectivity index (χ1n) is 9.44. The first kappa shape index (κ1) is 19.9. The van der Waals surface area contributed by atoms with E-state index in [-0.39, 0.29) is 40.2 Å². The van der Waals surface area contributed by atoms with Crippen molar-refractivity contribution in [1.29, 1.82) is 0 Å². The maximum Gasteiger partial charge on any atom is 0.417 e. The Morgan fingerprint density at radius 2 is 1.76 bits per heavy atom. The Hall–Kier alpha value is -2.35. The number of benzene rings is 1. The van der Waals surface area contributed by atoms with Gasteiger partial charge in [-0.1, -0.05) is 18.2 Å². The smallest absolute Gasteiger partial charge is 0.417 e. The van der Waals surface area contributed by atoms with Gasteiger partial charge in [-0.3, -0.25) is 4.79 Å². The Morgan fingerprint density at radius 1 is 1.10 bits per heavy atom. The molecule has 2 N–H and O–H groups in total. The fraction of sp³-hybridized carbons (Fsp3) is 0.450. The molecule has 29 heavy (non-hydrogen) atoms. The Balaban J connectivity index is 1.69. The number of carbonyl (C=O) groups is 1. The van der Waals surface area contributed by atoms with Gasteiger partial charge in [0.15, 0.2) is 0 Å². The van der Waals surface area contributed by atoms with Gasteiger partial charge in [-0.05, 0) is 55.2 Å². The predicted molar refractivity (Wildman–Crippen MR) is 101 cm³/mol. The molecule has 3 aliphatic carbocycles. The van der Waals surface area contributed by atoms with E-state index in [1.54, 1.807) is 0 Å². The summed E-state index contributed by atoms with van der Waals surface area (Å²) in [6, 6.07) is 6.18. The minimum atomic E-state index is -4.54. The van der Waals surface area contributed by atoms with Crippen LogP contribution in [0.4, 0.5) is 19.0 Å². The Morgan fingerprint density at radius 3 is 2.41 bits per heavy atom. The zero-order valence-corrected chi connectivity index (χ0v) is 16.0. The highest BCUT2D eigenvalue weighted by atomic mass is 35.5. The van der Waals surface area contributed by atoms with E-state index in [2.05, 4.69) is 15.3 Å². The van der Waals surface area contributed by atoms with Gasteiger partial charge >= 0.3 is 12.1 Å². The van der Waals surface area contributed by atoms with Crippen LogP contribution in [0, 0.1) is 17.8 Å². The van der Waals surface area contributed by atoms with Crippen molar-refractivity contribution < 1.29 is 23.1 Å². The van der Waals surface area contributed by atoms with Crippen LogP contribution in [0.15, 0.2) is 30.3 Å². The second-order valence-electron chi connectivity index (χ2n) is 7.66. The Labute approximate surface area is 170 Å². The summed E-state index contributed by atoms with van der Waals surface area (Å²) in [5.41, 5.74) is -0.888. The van der Waals surface area contributed by atoms with E-state index in [4.69, 9.17) is 11.6 Å². The van der Waals surface area contributed by atoms with Gasteiger partial charge < -0.3 is 10.4 Å². The van der Waals surface area contributed by atoms with Gasteiger partial charge in [0.2, 0.25) is 5.28 Å². The third kappa shape index (κ3) is 3.90. The first-order valence-corrected chi connectivity index (χ1v) is 9.82. The number of halogens is 4. The summed E-state index contributed by atoms with van der Waals surface area (Å²) in [5.74, 6) is -0.902. The second-order valence-corrected chi connectivity index (χ2v) is 8.00. The maximum absolute atomic E-state index is 13.4. The van der Waals surface area contributed by atoms with Crippen molar-refractivity contribution in [2.45, 2.75) is 37.9 Å². The first-order chi connectivity index (χ1) is 13.7. The van der Waals surface area contributed by atoms with Crippen LogP contribution >= 0.6 is 11.6 Å². The van der Waals surface area contributed by atoms with Crippen LogP contribution in [0.2, 0.25) is 5.28 Å². The van der Waals surface area contributed by atoms with Gasteiger partial charge in [0.1, 0.15) is 5.82 Å². The molecule has 3 aliphatic rings. The SMILES string of the molecule is O=C(O)C1C2CCC(CC2)C1Nc1cc(-c2ccccc2C(F)(F)F)nc(Cl)n1. The number of nitrogens with zero attached hydrogens (tertiary/aromatic N) is 2. The number of anilines is 1. The molecule has 9 heteroatoms. The van der Waals surface area contributed by atoms with Crippen molar-refractivity contribution in [2.24, 2.45) is 17.8 Å². The molecule has 0 radical (unpaired) electrons. The minimum absolute atomic E-state index is 0.0354. The molecule has 2 unspecified atom stereocenters. The summed E-state index contributed by atoms with van der Waals surface area (Å²) in [7, 11) is 0. The molecule has 1 aromatic heterocycles. The number of carboxylic acid groups (broad SMARTS) is 1. The van der Waals surface area contributed by atoms with Gasteiger partial charge in [0, 0.05) is 17.7 Å². The van der Waals surface area contributed by atoms with Gasteiger partial charge in [0.05, 0.1) is 17.2 Å². The molecule has 0 aliphatic heterocycles. The number of fused-ring (bicyclic) bond motifs is 3. The number of hydrogen-bond donors (Lipinski definition) is 2. The van der Waals surface area contributed by atoms with E-state index in [1.165, 1.54) is 24.3 Å². The van der Waals surface area contributed by atoms with Crippen LogP contribution in [-0.2, 0) is 11.0 Å². The number of rotatable bonds is 4. The van der Waals surface area contributed by atoms with E-state index < -0.39 is 23.6 Å². The van der Waals surface area contributed by atoms with E-state index in [9.17, 15) is 23.1 Å². The van der Waals surface area contributed by atoms with Crippen molar-refractivity contribution in [3.63, 3.8) is 0 Å². The lowest BCUT2D eigenvalue weighted by Gasteiger charge is -2.47. The molecule has 1 aromatic carbocycles. The third-order valence-corrected chi connectivity index (χ3v) is 6.20. The molecule has 3 saturated carbocycles. The molecule has 0 saturated heterocycles. The highest BCUT2D eigenvalue weighted by Gasteiger charge is 2.47. The zero-order chi connectivity index (χ0) is 20.8. The molecule has 0 spiro atoms. The summed E-state index contributed by atoms with van der Waals surface area (Å²) in [4.78, 5) is 19.9. The fourth-order valence-electron chi connectivity index (χ4n) is 4.77. The standard InChI is InChI=1S/C20H19ClF3N3O2/c21-19-25-14(12-3-1-2-4-13(12)20(22,23)24)9-15(27-19)26-17-11-7-5-10(6-8-11)16(17)18(28)29/h1-4,9-11,16-17H,5-8H2,(H,28,29)(H,25,26,27). The molecule has 5 nitrogen and oxygen atoms in total. The largest absolute Gasteiger partial charge is 0.481 e. The summed E-state index contributed by atoms with van der Waals surface area (Å²) in [5, 5.41) is 12.7. The van der Waals surface area contributed by atoms with Crippen LogP contribution in [0.3, 0.4) is 0 Å². The normalized spacial score (nSPS) is 26.3. The number of aromatic nitrogens is 2. The Kier molecular flexibility index (Phi) is 5.14. The van der Waals surface area contributed by atoms with Crippen LogP contribution < -0.4 is 5.32 Å². The number of carboxylic acids is 1.